The summed E-state index contributed by atoms with van der Waals surface area (Å²) >= 11 is 0. The Morgan fingerprint density at radius 2 is 1.10 bits per heavy atom. The zero-order valence-electron chi connectivity index (χ0n) is 55.4. The zero-order chi connectivity index (χ0) is 63.0. The molecule has 0 fully saturated rings. The van der Waals surface area contributed by atoms with Crippen LogP contribution in [0.3, 0.4) is 0 Å². The molecule has 0 N–H and O–H groups in total. The molecule has 1 atom stereocenters. The molecule has 1 aromatic heterocycles. The van der Waals surface area contributed by atoms with Gasteiger partial charge in [-0.05, 0) is 91.4 Å². The van der Waals surface area contributed by atoms with Gasteiger partial charge in [0.2, 0.25) is 0 Å². The van der Waals surface area contributed by atoms with E-state index in [0.717, 1.165) is 45.1 Å². The second kappa shape index (κ2) is 20.2. The third-order valence-corrected chi connectivity index (χ3v) is 20.6. The fourth-order valence-electron chi connectivity index (χ4n) is 11.9. The summed E-state index contributed by atoms with van der Waals surface area (Å²) in [7, 11) is -3.01. The third kappa shape index (κ3) is 8.75. The van der Waals surface area contributed by atoms with Crippen LogP contribution in [0, 0.1) is 18.8 Å². The fraction of sp³-hybridized carbons (Fsp3) is 0.108. The standard InChI is InChI=1S/C74H59N4OSi.Pt/c1-73(2,3)54-40-41-75-70(45-54)78-66-37-19-21-39-69(66)80(59-30-14-9-15-31-59)68-38-20-16-32-62(68)63-47-58(48-67(78)72(63)80)79-57-29-22-28-56(46-57)76-49-77(65-36-18-17-35-64(65)76)71-60(51-26-12-8-13-27-51)33-23-34-61(71)53-42-52(50-24-10-7-11-25-50)43-55(44-53)74(4,5)6;/h7-45,47,49H,1-6H3;/q-3;/i7D,8D,10D,11D,12D,13D,24D,25D,26D,27D;. The summed E-state index contributed by atoms with van der Waals surface area (Å²) in [5.41, 5.74) is 9.76. The third-order valence-electron chi connectivity index (χ3n) is 15.6. The van der Waals surface area contributed by atoms with Crippen LogP contribution in [0.1, 0.15) is 66.4 Å². The van der Waals surface area contributed by atoms with Crippen molar-refractivity contribution in [2.75, 3.05) is 14.7 Å². The number of nitrogens with zero attached hydrogens (tertiary/aromatic N) is 4. The van der Waals surface area contributed by atoms with Gasteiger partial charge in [-0.1, -0.05) is 233 Å². The van der Waals surface area contributed by atoms with Crippen LogP contribution in [-0.4, -0.2) is 13.1 Å². The van der Waals surface area contributed by atoms with E-state index in [-0.39, 0.29) is 61.8 Å². The van der Waals surface area contributed by atoms with Crippen molar-refractivity contribution in [3.05, 3.63) is 272 Å². The minimum absolute atomic E-state index is 0. The predicted molar refractivity (Wildman–Crippen MR) is 334 cm³/mol. The molecule has 0 spiro atoms. The Morgan fingerprint density at radius 1 is 0.494 bits per heavy atom. The first-order valence-electron chi connectivity index (χ1n) is 31.9. The van der Waals surface area contributed by atoms with Crippen molar-refractivity contribution in [1.82, 2.24) is 4.98 Å². The van der Waals surface area contributed by atoms with Crippen LogP contribution in [0.15, 0.2) is 243 Å². The summed E-state index contributed by atoms with van der Waals surface area (Å²) in [6, 6.07) is 62.4. The molecule has 1 unspecified atom stereocenters. The smallest absolute Gasteiger partial charge is 0.135 e. The monoisotopic (exact) mass is 1250 g/mol. The first-order chi connectivity index (χ1) is 43.1. The van der Waals surface area contributed by atoms with E-state index < -0.39 is 49.7 Å². The van der Waals surface area contributed by atoms with E-state index in [0.29, 0.717) is 50.8 Å². The van der Waals surface area contributed by atoms with Gasteiger partial charge in [0.1, 0.15) is 13.9 Å². The van der Waals surface area contributed by atoms with Crippen LogP contribution >= 0.6 is 0 Å². The number of pyridine rings is 1. The number of fused-ring (bicyclic) bond motifs is 6. The second-order valence-electron chi connectivity index (χ2n) is 22.5. The molecule has 7 heteroatoms. The van der Waals surface area contributed by atoms with Gasteiger partial charge in [-0.25, -0.2) is 4.98 Å². The molecule has 11 aromatic rings. The summed E-state index contributed by atoms with van der Waals surface area (Å²) in [6.07, 6.45) is 1.89. The van der Waals surface area contributed by atoms with Crippen molar-refractivity contribution in [1.29, 1.82) is 0 Å². The van der Waals surface area contributed by atoms with Gasteiger partial charge in [-0.3, -0.25) is 0 Å². The van der Waals surface area contributed by atoms with Crippen molar-refractivity contribution in [3.63, 3.8) is 0 Å². The Kier molecular flexibility index (Phi) is 10.3. The van der Waals surface area contributed by atoms with E-state index in [1.165, 1.54) is 20.7 Å². The van der Waals surface area contributed by atoms with E-state index >= 15 is 0 Å². The van der Waals surface area contributed by atoms with Gasteiger partial charge < -0.3 is 19.4 Å². The number of benzene rings is 10. The quantitative estimate of drug-likeness (QED) is 0.106. The van der Waals surface area contributed by atoms with Gasteiger partial charge in [0, 0.05) is 72.6 Å². The Bertz CT molecular complexity index is 4760. The van der Waals surface area contributed by atoms with E-state index in [1.54, 1.807) is 18.2 Å². The number of hydrogen-bond donors (Lipinski definition) is 0. The molecule has 0 saturated carbocycles. The number of aromatic nitrogens is 1. The van der Waals surface area contributed by atoms with Crippen LogP contribution in [0.25, 0.3) is 44.5 Å². The van der Waals surface area contributed by atoms with Gasteiger partial charge >= 0.3 is 0 Å². The Hall–Kier alpha value is -8.54. The van der Waals surface area contributed by atoms with Crippen LogP contribution in [0.5, 0.6) is 11.5 Å². The number of hydrogen-bond acceptors (Lipinski definition) is 5. The number of rotatable bonds is 9. The molecule has 398 valence electrons. The Balaban J connectivity index is 0.00000758. The molecular weight excluding hydrogens is 1180 g/mol. The Morgan fingerprint density at radius 3 is 1.83 bits per heavy atom. The fourth-order valence-corrected chi connectivity index (χ4v) is 17.4. The predicted octanol–water partition coefficient (Wildman–Crippen LogP) is 16.6. The molecule has 10 aromatic carbocycles. The second-order valence-corrected chi connectivity index (χ2v) is 26.2. The normalized spacial score (nSPS) is 16.6. The summed E-state index contributed by atoms with van der Waals surface area (Å²) in [5, 5.41) is 5.02. The number of ether oxygens (including phenoxy) is 1. The van der Waals surface area contributed by atoms with Gasteiger partial charge in [0.15, 0.2) is 0 Å². The molecule has 0 bridgehead atoms. The SMILES string of the molecule is [2H]c1c([2H])c([2H])c(-c2cc(-c3cccc(-c4c([2H])c([2H])c([2H])c([2H])c4[2H])c3N3[CH-]N(c4[c-]c(Oc5[c-]c6c7c(c5)-c5ccccc5[Si]7(c5ccccc5)c5ccccc5N6c5cc(C(C)(C)C)ccn5)ccc4)c4ccccc43)cc(C(C)(C)C)c2)c([2H])c1[2H].[Pt]. The maximum atomic E-state index is 9.37. The van der Waals surface area contributed by atoms with E-state index in [9.17, 15) is 2.74 Å². The summed E-state index contributed by atoms with van der Waals surface area (Å²) in [5.74, 6) is 1.66. The molecule has 4 heterocycles. The molecular formula is C74H59N4OPtSi-3. The van der Waals surface area contributed by atoms with Gasteiger partial charge in [0.25, 0.3) is 0 Å². The maximum absolute atomic E-state index is 9.37. The first-order valence-corrected chi connectivity index (χ1v) is 28.9. The number of para-hydroxylation sites is 4. The molecule has 14 rings (SSSR count). The van der Waals surface area contributed by atoms with Crippen LogP contribution in [-0.2, 0) is 31.9 Å². The average molecular weight is 1250 g/mol. The van der Waals surface area contributed by atoms with E-state index in [2.05, 4.69) is 135 Å². The van der Waals surface area contributed by atoms with Crippen LogP contribution in [0.2, 0.25) is 0 Å². The first kappa shape index (κ1) is 41.5. The summed E-state index contributed by atoms with van der Waals surface area (Å²) < 4.78 is 96.0. The minimum Gasteiger partial charge on any atom is -0.509 e. The van der Waals surface area contributed by atoms with Crippen molar-refractivity contribution in [2.24, 2.45) is 0 Å². The maximum Gasteiger partial charge on any atom is 0.135 e. The van der Waals surface area contributed by atoms with Crippen molar-refractivity contribution in [3.8, 4) is 56.0 Å². The molecule has 3 aliphatic rings. The zero-order valence-corrected chi connectivity index (χ0v) is 48.7. The largest absolute Gasteiger partial charge is 0.509 e. The van der Waals surface area contributed by atoms with Crippen LogP contribution < -0.4 is 40.2 Å². The van der Waals surface area contributed by atoms with Crippen molar-refractivity contribution in [2.45, 2.75) is 52.4 Å². The van der Waals surface area contributed by atoms with Gasteiger partial charge in [-0.15, -0.1) is 53.4 Å². The molecule has 0 saturated heterocycles. The topological polar surface area (TPSA) is 31.8 Å². The molecule has 5 nitrogen and oxygen atoms in total. The summed E-state index contributed by atoms with van der Waals surface area (Å²) in [4.78, 5) is 11.3. The van der Waals surface area contributed by atoms with Gasteiger partial charge in [-0.2, -0.15) is 6.07 Å². The molecule has 0 amide bonds. The molecule has 0 radical (unpaired) electrons. The number of anilines is 7. The van der Waals surface area contributed by atoms with Crippen molar-refractivity contribution < 1.29 is 39.5 Å². The Labute approximate surface area is 506 Å². The molecule has 0 aliphatic carbocycles. The summed E-state index contributed by atoms with van der Waals surface area (Å²) in [6.45, 7) is 14.6. The van der Waals surface area contributed by atoms with E-state index in [4.69, 9.17) is 20.7 Å². The van der Waals surface area contributed by atoms with E-state index in [1.807, 2.05) is 104 Å². The molecule has 81 heavy (non-hydrogen) atoms. The molecule has 3 aliphatic heterocycles. The van der Waals surface area contributed by atoms with Crippen molar-refractivity contribution >= 4 is 68.8 Å². The minimum atomic E-state index is -3.01. The van der Waals surface area contributed by atoms with Gasteiger partial charge in [0.05, 0.1) is 13.7 Å². The van der Waals surface area contributed by atoms with Crippen LogP contribution in [0.4, 0.5) is 39.9 Å². The average Bonchev–Trinajstić information content (AvgIpc) is 1.55.